The minimum absolute atomic E-state index is 0.00162. The van der Waals surface area contributed by atoms with E-state index in [0.29, 0.717) is 29.4 Å². The maximum absolute atomic E-state index is 13.1. The van der Waals surface area contributed by atoms with Crippen LogP contribution in [-0.2, 0) is 5.41 Å². The Morgan fingerprint density at radius 3 is 2.47 bits per heavy atom. The first kappa shape index (κ1) is 20.3. The second-order valence-electron chi connectivity index (χ2n) is 8.88. The van der Waals surface area contributed by atoms with Gasteiger partial charge in [0, 0.05) is 24.2 Å². The first-order valence-electron chi connectivity index (χ1n) is 10.3. The van der Waals surface area contributed by atoms with E-state index in [1.807, 2.05) is 29.2 Å². The zero-order valence-electron chi connectivity index (χ0n) is 17.6. The van der Waals surface area contributed by atoms with E-state index in [0.717, 1.165) is 19.4 Å². The summed E-state index contributed by atoms with van der Waals surface area (Å²) in [5, 5.41) is 4.04. The molecule has 0 radical (unpaired) electrons. The number of carbonyl (C=O) groups is 1. The van der Waals surface area contributed by atoms with Crippen LogP contribution in [0.15, 0.2) is 53.1 Å². The Balaban J connectivity index is 1.47. The molecule has 1 aliphatic rings. The van der Waals surface area contributed by atoms with E-state index in [4.69, 9.17) is 4.52 Å². The molecular weight excluding hydrogens is 381 g/mol. The highest BCUT2D eigenvalue weighted by Crippen LogP contribution is 2.29. The molecule has 5 nitrogen and oxygen atoms in total. The third-order valence-electron chi connectivity index (χ3n) is 5.60. The van der Waals surface area contributed by atoms with Gasteiger partial charge in [-0.05, 0) is 60.2 Å². The monoisotopic (exact) mass is 407 g/mol. The number of nitrogens with zero attached hydrogens (tertiary/aromatic N) is 3. The van der Waals surface area contributed by atoms with Gasteiger partial charge in [0.25, 0.3) is 5.91 Å². The van der Waals surface area contributed by atoms with Gasteiger partial charge in [-0.3, -0.25) is 4.79 Å². The summed E-state index contributed by atoms with van der Waals surface area (Å²) >= 11 is 0. The number of rotatable bonds is 3. The van der Waals surface area contributed by atoms with Crippen LogP contribution in [0.1, 0.15) is 61.3 Å². The fourth-order valence-corrected chi connectivity index (χ4v) is 3.78. The van der Waals surface area contributed by atoms with Gasteiger partial charge < -0.3 is 9.42 Å². The van der Waals surface area contributed by atoms with Crippen LogP contribution in [0.2, 0.25) is 0 Å². The lowest BCUT2D eigenvalue weighted by Gasteiger charge is -2.31. The fraction of sp³-hybridized carbons (Fsp3) is 0.375. The lowest BCUT2D eigenvalue weighted by Crippen LogP contribution is -2.39. The van der Waals surface area contributed by atoms with Gasteiger partial charge in [0.15, 0.2) is 0 Å². The standard InChI is InChI=1S/C24H26FN3O2/c1-24(2,3)19-10-6-17(7-11-19)23(29)28-14-4-5-18(15-28)22-26-21(27-30-22)16-8-12-20(25)13-9-16/h6-13,18H,4-5,14-15H2,1-3H3/t18-/m0/s1. The molecule has 6 heteroatoms. The van der Waals surface area contributed by atoms with Crippen molar-refractivity contribution in [1.82, 2.24) is 15.0 Å². The Morgan fingerprint density at radius 1 is 1.10 bits per heavy atom. The van der Waals surface area contributed by atoms with Crippen LogP contribution in [0.3, 0.4) is 0 Å². The van der Waals surface area contributed by atoms with Gasteiger partial charge in [-0.25, -0.2) is 4.39 Å². The van der Waals surface area contributed by atoms with Crippen LogP contribution < -0.4 is 0 Å². The van der Waals surface area contributed by atoms with E-state index >= 15 is 0 Å². The molecule has 0 bridgehead atoms. The number of aromatic nitrogens is 2. The second kappa shape index (κ2) is 8.01. The smallest absolute Gasteiger partial charge is 0.253 e. The Kier molecular flexibility index (Phi) is 5.41. The van der Waals surface area contributed by atoms with Gasteiger partial charge >= 0.3 is 0 Å². The summed E-state index contributed by atoms with van der Waals surface area (Å²) in [5.74, 6) is 0.678. The van der Waals surface area contributed by atoms with E-state index in [1.165, 1.54) is 17.7 Å². The molecule has 0 N–H and O–H groups in total. The third-order valence-corrected chi connectivity index (χ3v) is 5.60. The average molecular weight is 407 g/mol. The highest BCUT2D eigenvalue weighted by Gasteiger charge is 2.29. The molecule has 2 heterocycles. The van der Waals surface area contributed by atoms with Crippen LogP contribution in [-0.4, -0.2) is 34.0 Å². The van der Waals surface area contributed by atoms with Crippen LogP contribution >= 0.6 is 0 Å². The molecule has 30 heavy (non-hydrogen) atoms. The van der Waals surface area contributed by atoms with E-state index < -0.39 is 0 Å². The number of likely N-dealkylation sites (tertiary alicyclic amines) is 1. The van der Waals surface area contributed by atoms with Gasteiger partial charge in [-0.2, -0.15) is 4.98 Å². The first-order valence-corrected chi connectivity index (χ1v) is 10.3. The summed E-state index contributed by atoms with van der Waals surface area (Å²) in [4.78, 5) is 19.4. The van der Waals surface area contributed by atoms with E-state index in [-0.39, 0.29) is 23.1 Å². The molecule has 1 amide bonds. The molecule has 1 aromatic heterocycles. The maximum Gasteiger partial charge on any atom is 0.253 e. The minimum atomic E-state index is -0.306. The van der Waals surface area contributed by atoms with E-state index in [2.05, 4.69) is 30.9 Å². The molecular formula is C24H26FN3O2. The first-order chi connectivity index (χ1) is 14.3. The van der Waals surface area contributed by atoms with Gasteiger partial charge in [0.05, 0.1) is 5.92 Å². The van der Waals surface area contributed by atoms with Crippen molar-refractivity contribution in [3.63, 3.8) is 0 Å². The highest BCUT2D eigenvalue weighted by molar-refractivity contribution is 5.94. The number of piperidine rings is 1. The Bertz CT molecular complexity index is 1020. The fourth-order valence-electron chi connectivity index (χ4n) is 3.78. The van der Waals surface area contributed by atoms with Crippen molar-refractivity contribution in [2.45, 2.75) is 44.9 Å². The molecule has 1 fully saturated rings. The predicted molar refractivity (Wildman–Crippen MR) is 113 cm³/mol. The summed E-state index contributed by atoms with van der Waals surface area (Å²) < 4.78 is 18.6. The summed E-state index contributed by atoms with van der Waals surface area (Å²) in [6.07, 6.45) is 1.77. The van der Waals surface area contributed by atoms with Crippen molar-refractivity contribution >= 4 is 5.91 Å². The van der Waals surface area contributed by atoms with Crippen LogP contribution in [0.25, 0.3) is 11.4 Å². The normalized spacial score (nSPS) is 17.2. The average Bonchev–Trinajstić information content (AvgIpc) is 3.24. The molecule has 2 aromatic carbocycles. The molecule has 0 saturated carbocycles. The van der Waals surface area contributed by atoms with Crippen LogP contribution in [0.4, 0.5) is 4.39 Å². The lowest BCUT2D eigenvalue weighted by atomic mass is 9.86. The highest BCUT2D eigenvalue weighted by atomic mass is 19.1. The van der Waals surface area contributed by atoms with Gasteiger partial charge in [0.2, 0.25) is 11.7 Å². The van der Waals surface area contributed by atoms with E-state index in [1.54, 1.807) is 12.1 Å². The zero-order chi connectivity index (χ0) is 21.3. The number of amides is 1. The van der Waals surface area contributed by atoms with Crippen molar-refractivity contribution in [1.29, 1.82) is 0 Å². The SMILES string of the molecule is CC(C)(C)c1ccc(C(=O)N2CCC[C@H](c3nc(-c4ccc(F)cc4)no3)C2)cc1. The molecule has 0 unspecified atom stereocenters. The summed E-state index contributed by atoms with van der Waals surface area (Å²) in [7, 11) is 0. The molecule has 3 aromatic rings. The number of hydrogen-bond donors (Lipinski definition) is 0. The lowest BCUT2D eigenvalue weighted by molar-refractivity contribution is 0.0695. The minimum Gasteiger partial charge on any atom is -0.339 e. The molecule has 1 aliphatic heterocycles. The van der Waals surface area contributed by atoms with Gasteiger partial charge in [0.1, 0.15) is 5.82 Å². The molecule has 0 aliphatic carbocycles. The Morgan fingerprint density at radius 2 is 1.80 bits per heavy atom. The summed E-state index contributed by atoms with van der Waals surface area (Å²) in [5.41, 5.74) is 2.66. The second-order valence-corrected chi connectivity index (χ2v) is 8.88. The third kappa shape index (κ3) is 4.27. The quantitative estimate of drug-likeness (QED) is 0.599. The van der Waals surface area contributed by atoms with Gasteiger partial charge in [-0.1, -0.05) is 38.1 Å². The number of carbonyl (C=O) groups excluding carboxylic acids is 1. The number of hydrogen-bond acceptors (Lipinski definition) is 4. The number of benzene rings is 2. The van der Waals surface area contributed by atoms with Crippen molar-refractivity contribution < 1.29 is 13.7 Å². The largest absolute Gasteiger partial charge is 0.339 e. The summed E-state index contributed by atoms with van der Waals surface area (Å²) in [6, 6.07) is 13.9. The Hall–Kier alpha value is -3.02. The van der Waals surface area contributed by atoms with Crippen molar-refractivity contribution in [3.8, 4) is 11.4 Å². The molecule has 4 rings (SSSR count). The Labute approximate surface area is 175 Å². The zero-order valence-corrected chi connectivity index (χ0v) is 17.6. The molecule has 1 saturated heterocycles. The van der Waals surface area contributed by atoms with Crippen molar-refractivity contribution in [3.05, 3.63) is 71.4 Å². The topological polar surface area (TPSA) is 59.2 Å². The number of halogens is 1. The molecule has 156 valence electrons. The molecule has 1 atom stereocenters. The predicted octanol–water partition coefficient (Wildman–Crippen LogP) is 5.19. The molecule has 0 spiro atoms. The van der Waals surface area contributed by atoms with Crippen molar-refractivity contribution in [2.24, 2.45) is 0 Å². The van der Waals surface area contributed by atoms with Crippen LogP contribution in [0, 0.1) is 5.82 Å². The summed E-state index contributed by atoms with van der Waals surface area (Å²) in [6.45, 7) is 7.73. The van der Waals surface area contributed by atoms with Gasteiger partial charge in [-0.15, -0.1) is 0 Å². The van der Waals surface area contributed by atoms with Crippen molar-refractivity contribution in [2.75, 3.05) is 13.1 Å². The van der Waals surface area contributed by atoms with Crippen LogP contribution in [0.5, 0.6) is 0 Å². The maximum atomic E-state index is 13.1. The van der Waals surface area contributed by atoms with E-state index in [9.17, 15) is 9.18 Å².